The second-order valence-electron chi connectivity index (χ2n) is 4.63. The van der Waals surface area contributed by atoms with Crippen LogP contribution in [0.25, 0.3) is 0 Å². The van der Waals surface area contributed by atoms with Crippen molar-refractivity contribution in [2.75, 3.05) is 0 Å². The van der Waals surface area contributed by atoms with E-state index in [1.54, 1.807) is 41.8 Å². The highest BCUT2D eigenvalue weighted by atomic mass is 32.2. The topological polar surface area (TPSA) is 71.4 Å². The van der Waals surface area contributed by atoms with Crippen molar-refractivity contribution in [2.45, 2.75) is 22.3 Å². The summed E-state index contributed by atoms with van der Waals surface area (Å²) in [5, 5.41) is 11.1. The molecular weight excluding hydrogens is 296 g/mol. The first-order valence-corrected chi connectivity index (χ1v) is 8.30. The molecule has 0 saturated carbocycles. The average molecular weight is 310 g/mol. The number of thiophene rings is 1. The van der Waals surface area contributed by atoms with Crippen LogP contribution in [0.5, 0.6) is 0 Å². The summed E-state index contributed by atoms with van der Waals surface area (Å²) in [6.07, 6.45) is -0.0661. The SMILES string of the molecule is C[C@](Cc1ccccc1)(C(=O)O)S(=O)(=O)c1cccs1. The Morgan fingerprint density at radius 3 is 2.35 bits per heavy atom. The molecule has 0 amide bonds. The number of carboxylic acid groups (broad SMARTS) is 1. The lowest BCUT2D eigenvalue weighted by atomic mass is 10.0. The van der Waals surface area contributed by atoms with Crippen molar-refractivity contribution in [1.82, 2.24) is 0 Å². The molecule has 2 aromatic rings. The number of rotatable bonds is 5. The third-order valence-corrected chi connectivity index (χ3v) is 6.97. The van der Waals surface area contributed by atoms with E-state index in [4.69, 9.17) is 0 Å². The molecule has 0 aliphatic heterocycles. The number of benzene rings is 1. The lowest BCUT2D eigenvalue weighted by molar-refractivity contribution is -0.139. The standard InChI is InChI=1S/C14H14O4S2/c1-14(13(15)16,10-11-6-3-2-4-7-11)20(17,18)12-8-5-9-19-12/h2-9H,10H2,1H3,(H,15,16)/t14-/m0/s1. The predicted molar refractivity (Wildman–Crippen MR) is 77.7 cm³/mol. The van der Waals surface area contributed by atoms with Crippen LogP contribution in [0.4, 0.5) is 0 Å². The molecule has 0 radical (unpaired) electrons. The highest BCUT2D eigenvalue weighted by molar-refractivity contribution is 7.95. The van der Waals surface area contributed by atoms with E-state index < -0.39 is 20.6 Å². The van der Waals surface area contributed by atoms with Crippen LogP contribution in [-0.2, 0) is 21.1 Å². The summed E-state index contributed by atoms with van der Waals surface area (Å²) in [6.45, 7) is 1.26. The van der Waals surface area contributed by atoms with Gasteiger partial charge in [-0.3, -0.25) is 4.79 Å². The molecule has 0 aliphatic carbocycles. The lowest BCUT2D eigenvalue weighted by Gasteiger charge is -2.24. The fraction of sp³-hybridized carbons (Fsp3) is 0.214. The van der Waals surface area contributed by atoms with E-state index in [-0.39, 0.29) is 10.6 Å². The Balaban J connectivity index is 2.48. The zero-order valence-electron chi connectivity index (χ0n) is 10.8. The maximum Gasteiger partial charge on any atom is 0.325 e. The van der Waals surface area contributed by atoms with Crippen molar-refractivity contribution in [3.8, 4) is 0 Å². The van der Waals surface area contributed by atoms with Gasteiger partial charge in [-0.1, -0.05) is 36.4 Å². The Kier molecular flexibility index (Phi) is 3.96. The van der Waals surface area contributed by atoms with Crippen LogP contribution in [0, 0.1) is 0 Å². The largest absolute Gasteiger partial charge is 0.480 e. The summed E-state index contributed by atoms with van der Waals surface area (Å²) < 4.78 is 23.4. The van der Waals surface area contributed by atoms with Gasteiger partial charge in [0.2, 0.25) is 9.84 Å². The molecule has 20 heavy (non-hydrogen) atoms. The fourth-order valence-corrected chi connectivity index (χ4v) is 4.87. The van der Waals surface area contributed by atoms with Gasteiger partial charge >= 0.3 is 5.97 Å². The van der Waals surface area contributed by atoms with Crippen LogP contribution in [0.1, 0.15) is 12.5 Å². The smallest absolute Gasteiger partial charge is 0.325 e. The highest BCUT2D eigenvalue weighted by Gasteiger charge is 2.48. The second-order valence-corrected chi connectivity index (χ2v) is 8.19. The third-order valence-electron chi connectivity index (χ3n) is 3.19. The summed E-state index contributed by atoms with van der Waals surface area (Å²) in [5.74, 6) is -1.34. The fourth-order valence-electron chi connectivity index (χ4n) is 1.91. The number of sulfone groups is 1. The Hall–Kier alpha value is -1.66. The molecular formula is C14H14O4S2. The van der Waals surface area contributed by atoms with E-state index in [9.17, 15) is 18.3 Å². The van der Waals surface area contributed by atoms with Crippen molar-refractivity contribution >= 4 is 27.1 Å². The second kappa shape index (κ2) is 5.38. The summed E-state index contributed by atoms with van der Waals surface area (Å²) in [4.78, 5) is 11.6. The molecule has 0 unspecified atom stereocenters. The van der Waals surface area contributed by atoms with Gasteiger partial charge in [-0.15, -0.1) is 11.3 Å². The number of carbonyl (C=O) groups is 1. The zero-order chi connectivity index (χ0) is 14.8. The molecule has 0 spiro atoms. The first kappa shape index (κ1) is 14.7. The van der Waals surface area contributed by atoms with E-state index in [2.05, 4.69) is 0 Å². The van der Waals surface area contributed by atoms with Crippen LogP contribution in [0.2, 0.25) is 0 Å². The first-order chi connectivity index (χ1) is 9.38. The van der Waals surface area contributed by atoms with Gasteiger partial charge in [0.1, 0.15) is 4.21 Å². The molecule has 2 rings (SSSR count). The van der Waals surface area contributed by atoms with E-state index in [0.29, 0.717) is 5.56 Å². The van der Waals surface area contributed by atoms with Gasteiger partial charge in [-0.2, -0.15) is 0 Å². The monoisotopic (exact) mass is 310 g/mol. The molecule has 6 heteroatoms. The molecule has 1 atom stereocenters. The first-order valence-electron chi connectivity index (χ1n) is 5.93. The third kappa shape index (κ3) is 2.48. The van der Waals surface area contributed by atoms with Gasteiger partial charge in [0, 0.05) is 6.42 Å². The quantitative estimate of drug-likeness (QED) is 0.921. The van der Waals surface area contributed by atoms with Crippen LogP contribution in [0.15, 0.2) is 52.1 Å². The van der Waals surface area contributed by atoms with Gasteiger partial charge in [-0.25, -0.2) is 8.42 Å². The minimum Gasteiger partial charge on any atom is -0.480 e. The Morgan fingerprint density at radius 2 is 1.85 bits per heavy atom. The molecule has 1 N–H and O–H groups in total. The molecule has 0 saturated heterocycles. The van der Waals surface area contributed by atoms with Crippen LogP contribution >= 0.6 is 11.3 Å². The Bertz CT molecular complexity index is 690. The van der Waals surface area contributed by atoms with Gasteiger partial charge < -0.3 is 5.11 Å². The molecule has 1 aromatic carbocycles. The van der Waals surface area contributed by atoms with E-state index >= 15 is 0 Å². The molecule has 106 valence electrons. The molecule has 0 fully saturated rings. The van der Waals surface area contributed by atoms with Crippen LogP contribution < -0.4 is 0 Å². The Morgan fingerprint density at radius 1 is 1.20 bits per heavy atom. The molecule has 1 heterocycles. The van der Waals surface area contributed by atoms with E-state index in [1.165, 1.54) is 13.0 Å². The lowest BCUT2D eigenvalue weighted by Crippen LogP contribution is -2.45. The molecule has 1 aromatic heterocycles. The van der Waals surface area contributed by atoms with E-state index in [1.807, 2.05) is 0 Å². The number of carboxylic acids is 1. The van der Waals surface area contributed by atoms with Crippen LogP contribution in [-0.4, -0.2) is 24.2 Å². The Labute approximate surface area is 121 Å². The predicted octanol–water partition coefficient (Wildman–Crippen LogP) is 2.61. The molecule has 4 nitrogen and oxygen atoms in total. The average Bonchev–Trinajstić information content (AvgIpc) is 2.93. The van der Waals surface area contributed by atoms with Crippen molar-refractivity contribution in [2.24, 2.45) is 0 Å². The normalized spacial score (nSPS) is 14.7. The molecule has 0 aliphatic rings. The maximum absolute atomic E-state index is 12.6. The van der Waals surface area contributed by atoms with Crippen molar-refractivity contribution in [1.29, 1.82) is 0 Å². The van der Waals surface area contributed by atoms with Crippen molar-refractivity contribution in [3.05, 3.63) is 53.4 Å². The van der Waals surface area contributed by atoms with Crippen molar-refractivity contribution < 1.29 is 18.3 Å². The van der Waals surface area contributed by atoms with Gasteiger partial charge in [0.25, 0.3) is 0 Å². The summed E-state index contributed by atoms with van der Waals surface area (Å²) >= 11 is 1.03. The minimum absolute atomic E-state index is 0.0661. The summed E-state index contributed by atoms with van der Waals surface area (Å²) in [6, 6.07) is 11.8. The maximum atomic E-state index is 12.6. The van der Waals surface area contributed by atoms with Crippen molar-refractivity contribution in [3.63, 3.8) is 0 Å². The number of hydrogen-bond acceptors (Lipinski definition) is 4. The minimum atomic E-state index is -3.94. The van der Waals surface area contributed by atoms with Gasteiger partial charge in [0.05, 0.1) is 0 Å². The number of aliphatic carboxylic acids is 1. The molecule has 0 bridgehead atoms. The summed E-state index contributed by atoms with van der Waals surface area (Å²) in [5.41, 5.74) is 0.678. The summed E-state index contributed by atoms with van der Waals surface area (Å²) in [7, 11) is -3.94. The van der Waals surface area contributed by atoms with Gasteiger partial charge in [0.15, 0.2) is 4.75 Å². The van der Waals surface area contributed by atoms with E-state index in [0.717, 1.165) is 11.3 Å². The zero-order valence-corrected chi connectivity index (χ0v) is 12.4. The highest BCUT2D eigenvalue weighted by Crippen LogP contribution is 2.32. The number of hydrogen-bond donors (Lipinski definition) is 1. The van der Waals surface area contributed by atoms with Gasteiger partial charge in [-0.05, 0) is 23.9 Å². The van der Waals surface area contributed by atoms with Crippen LogP contribution in [0.3, 0.4) is 0 Å².